The van der Waals surface area contributed by atoms with Crippen LogP contribution in [0.4, 0.5) is 33.3 Å². The number of rotatable bonds is 4. The summed E-state index contributed by atoms with van der Waals surface area (Å²) < 4.78 is 73.7. The predicted molar refractivity (Wildman–Crippen MR) is 180 cm³/mol. The first-order valence-electron chi connectivity index (χ1n) is 16.3. The van der Waals surface area contributed by atoms with Crippen LogP contribution < -0.4 is 9.80 Å². The van der Waals surface area contributed by atoms with Crippen LogP contribution in [0.15, 0.2) is 72.3 Å². The van der Waals surface area contributed by atoms with E-state index in [1.54, 1.807) is 60.7 Å². The Kier molecular flexibility index (Phi) is 7.65. The summed E-state index contributed by atoms with van der Waals surface area (Å²) in [6.07, 6.45) is 1.62. The van der Waals surface area contributed by atoms with Crippen LogP contribution in [0.1, 0.15) is 36.8 Å². The van der Waals surface area contributed by atoms with E-state index in [1.807, 2.05) is 6.92 Å². The van der Waals surface area contributed by atoms with Gasteiger partial charge < -0.3 is 5.11 Å². The Morgan fingerprint density at radius 3 is 2.06 bits per heavy atom. The van der Waals surface area contributed by atoms with E-state index in [0.29, 0.717) is 22.9 Å². The molecule has 4 aromatic carbocycles. The molecule has 2 aliphatic carbocycles. The first-order chi connectivity index (χ1) is 24.7. The fourth-order valence-electron chi connectivity index (χ4n) is 8.55. The molecule has 0 spiro atoms. The van der Waals surface area contributed by atoms with Crippen molar-refractivity contribution < 1.29 is 46.2 Å². The molecular formula is C38H25Cl2F5N2O5. The largest absolute Gasteiger partial charge is 0.507 e. The van der Waals surface area contributed by atoms with Crippen LogP contribution in [0.5, 0.6) is 5.75 Å². The van der Waals surface area contributed by atoms with E-state index in [2.05, 4.69) is 0 Å². The van der Waals surface area contributed by atoms with Gasteiger partial charge in [-0.25, -0.2) is 26.9 Å². The lowest BCUT2D eigenvalue weighted by Gasteiger charge is -2.50. The first-order valence-corrected chi connectivity index (χ1v) is 17.1. The fourth-order valence-corrected chi connectivity index (χ4v) is 9.48. The third kappa shape index (κ3) is 4.24. The molecule has 3 fully saturated rings. The standard InChI is InChI=1S/C38H25Cl2F5N2O5/c1-2-16-7-10-18(11-8-16)46-33(49)21-14-13-20-23(24(21)34(46)50)15-37(39)35(51)47(31-29(44)27(42)26(41)28(43)30(31)45)36(52)38(37,40)25(20)22-12-9-17-5-3-4-6-19(17)32(22)48/h3-13,21,23-25,48H,2,14-15H2,1H3. The van der Waals surface area contributed by atoms with Crippen molar-refractivity contribution in [2.45, 2.75) is 41.9 Å². The smallest absolute Gasteiger partial charge is 0.258 e. The summed E-state index contributed by atoms with van der Waals surface area (Å²) in [6, 6.07) is 16.4. The number of alkyl halides is 2. The average Bonchev–Trinajstić information content (AvgIpc) is 3.48. The number of phenolic OH excluding ortho intramolecular Hbond substituents is 1. The number of carbonyl (C=O) groups is 4. The Hall–Kier alpha value is -4.81. The van der Waals surface area contributed by atoms with Gasteiger partial charge in [0.05, 0.1) is 17.5 Å². The molecule has 7 nitrogen and oxygen atoms in total. The van der Waals surface area contributed by atoms with E-state index in [9.17, 15) is 37.5 Å². The molecule has 2 heterocycles. The molecule has 4 amide bonds. The number of hydrogen-bond donors (Lipinski definition) is 1. The number of hydrogen-bond acceptors (Lipinski definition) is 5. The summed E-state index contributed by atoms with van der Waals surface area (Å²) in [4.78, 5) is 52.5. The molecule has 4 aliphatic rings. The van der Waals surface area contributed by atoms with Crippen molar-refractivity contribution in [2.24, 2.45) is 17.8 Å². The van der Waals surface area contributed by atoms with E-state index < -0.39 is 104 Å². The minimum Gasteiger partial charge on any atom is -0.507 e. The fraction of sp³-hybridized carbons (Fsp3) is 0.263. The van der Waals surface area contributed by atoms with Crippen molar-refractivity contribution in [1.82, 2.24) is 0 Å². The summed E-state index contributed by atoms with van der Waals surface area (Å²) in [5.74, 6) is -21.9. The summed E-state index contributed by atoms with van der Waals surface area (Å²) in [7, 11) is 0. The highest BCUT2D eigenvalue weighted by Crippen LogP contribution is 2.67. The van der Waals surface area contributed by atoms with Crippen molar-refractivity contribution in [2.75, 3.05) is 9.80 Å². The number of carbonyl (C=O) groups excluding carboxylic acids is 4. The Bertz CT molecular complexity index is 2310. The lowest BCUT2D eigenvalue weighted by molar-refractivity contribution is -0.125. The van der Waals surface area contributed by atoms with Crippen molar-refractivity contribution in [3.63, 3.8) is 0 Å². The second kappa shape index (κ2) is 11.6. The second-order valence-corrected chi connectivity index (χ2v) is 14.7. The minimum atomic E-state index is -2.75. The number of amides is 4. The number of aromatic hydroxyl groups is 1. The zero-order valence-corrected chi connectivity index (χ0v) is 28.4. The third-order valence-electron chi connectivity index (χ3n) is 11.1. The van der Waals surface area contributed by atoms with Gasteiger partial charge in [-0.15, -0.1) is 23.2 Å². The molecular weight excluding hydrogens is 730 g/mol. The Labute approximate surface area is 302 Å². The van der Waals surface area contributed by atoms with Crippen LogP contribution in [-0.2, 0) is 25.6 Å². The molecule has 14 heteroatoms. The number of fused-ring (bicyclic) bond motifs is 5. The van der Waals surface area contributed by atoms with Crippen molar-refractivity contribution >= 4 is 69.0 Å². The van der Waals surface area contributed by atoms with Gasteiger partial charge >= 0.3 is 0 Å². The SMILES string of the molecule is CCc1ccc(N2C(=O)C3CC=C4C(CC5(Cl)C(=O)N(c6c(F)c(F)c(F)c(F)c6F)C(=O)C5(Cl)C4c4ccc5ccccc5c4O)C3C2=O)cc1. The van der Waals surface area contributed by atoms with Gasteiger partial charge in [-0.3, -0.25) is 24.1 Å². The Morgan fingerprint density at radius 1 is 0.769 bits per heavy atom. The summed E-state index contributed by atoms with van der Waals surface area (Å²) in [5, 5.41) is 12.6. The molecule has 0 aromatic heterocycles. The zero-order chi connectivity index (χ0) is 37.2. The molecule has 1 N–H and O–H groups in total. The summed E-state index contributed by atoms with van der Waals surface area (Å²) in [5.41, 5.74) is -0.425. The van der Waals surface area contributed by atoms with Gasteiger partial charge in [0, 0.05) is 16.9 Å². The normalized spacial score (nSPS) is 28.3. The van der Waals surface area contributed by atoms with Gasteiger partial charge in [0.2, 0.25) is 17.6 Å². The number of benzene rings is 4. The predicted octanol–water partition coefficient (Wildman–Crippen LogP) is 7.57. The highest BCUT2D eigenvalue weighted by Gasteiger charge is 2.77. The van der Waals surface area contributed by atoms with Crippen LogP contribution in [0.2, 0.25) is 0 Å². The molecule has 8 rings (SSSR count). The van der Waals surface area contributed by atoms with Gasteiger partial charge in [0.15, 0.2) is 33.0 Å². The number of phenols is 1. The number of halogens is 7. The van der Waals surface area contributed by atoms with Gasteiger partial charge in [0.1, 0.15) is 11.4 Å². The molecule has 2 saturated heterocycles. The average molecular weight is 756 g/mol. The third-order valence-corrected chi connectivity index (χ3v) is 12.5. The maximum absolute atomic E-state index is 15.3. The maximum Gasteiger partial charge on any atom is 0.258 e. The van der Waals surface area contributed by atoms with E-state index in [4.69, 9.17) is 23.2 Å². The molecule has 52 heavy (non-hydrogen) atoms. The molecule has 6 atom stereocenters. The minimum absolute atomic E-state index is 0.0266. The van der Waals surface area contributed by atoms with Crippen LogP contribution in [0, 0.1) is 46.8 Å². The van der Waals surface area contributed by atoms with E-state index >= 15 is 8.78 Å². The monoisotopic (exact) mass is 754 g/mol. The van der Waals surface area contributed by atoms with E-state index in [1.165, 1.54) is 6.07 Å². The number of imide groups is 2. The van der Waals surface area contributed by atoms with Crippen molar-refractivity contribution in [1.29, 1.82) is 0 Å². The van der Waals surface area contributed by atoms with Crippen LogP contribution in [0.25, 0.3) is 10.8 Å². The summed E-state index contributed by atoms with van der Waals surface area (Å²) >= 11 is 14.4. The highest BCUT2D eigenvalue weighted by atomic mass is 35.5. The first kappa shape index (κ1) is 34.3. The zero-order valence-electron chi connectivity index (χ0n) is 26.9. The molecule has 0 radical (unpaired) electrons. The van der Waals surface area contributed by atoms with Crippen molar-refractivity contribution in [3.8, 4) is 5.75 Å². The van der Waals surface area contributed by atoms with Gasteiger partial charge in [-0.05, 0) is 48.3 Å². The van der Waals surface area contributed by atoms with Crippen LogP contribution in [-0.4, -0.2) is 38.5 Å². The highest BCUT2D eigenvalue weighted by molar-refractivity contribution is 6.58. The quantitative estimate of drug-likeness (QED) is 0.0580. The van der Waals surface area contributed by atoms with E-state index in [0.717, 1.165) is 10.5 Å². The maximum atomic E-state index is 15.3. The number of anilines is 2. The van der Waals surface area contributed by atoms with Gasteiger partial charge in [0.25, 0.3) is 11.8 Å². The van der Waals surface area contributed by atoms with Crippen molar-refractivity contribution in [3.05, 3.63) is 113 Å². The molecule has 2 aliphatic heterocycles. The van der Waals surface area contributed by atoms with Crippen LogP contribution >= 0.6 is 23.2 Å². The van der Waals surface area contributed by atoms with Gasteiger partial charge in [-0.1, -0.05) is 67.1 Å². The number of aryl methyl sites for hydroxylation is 1. The topological polar surface area (TPSA) is 95.0 Å². The number of nitrogens with zero attached hydrogens (tertiary/aromatic N) is 2. The lowest BCUT2D eigenvalue weighted by atomic mass is 9.56. The van der Waals surface area contributed by atoms with Gasteiger partial charge in [-0.2, -0.15) is 0 Å². The second-order valence-electron chi connectivity index (χ2n) is 13.4. The molecule has 6 unspecified atom stereocenters. The number of allylic oxidation sites excluding steroid dienone is 2. The Balaban J connectivity index is 1.34. The summed E-state index contributed by atoms with van der Waals surface area (Å²) in [6.45, 7) is 1.94. The molecule has 4 aromatic rings. The van der Waals surface area contributed by atoms with E-state index in [-0.39, 0.29) is 22.5 Å². The Morgan fingerprint density at radius 2 is 1.40 bits per heavy atom. The molecule has 1 saturated carbocycles. The lowest BCUT2D eigenvalue weighted by Crippen LogP contribution is -2.60. The van der Waals surface area contributed by atoms with Crippen LogP contribution in [0.3, 0.4) is 0 Å². The molecule has 266 valence electrons. The molecule has 0 bridgehead atoms.